The molecule has 0 saturated heterocycles. The standard InChI is InChI=1S/C19H15N3O2/c1-13-9-16-19(21-10-13)24-18(22-16)15-7-8-20-11-17(15)23-12-14-5-3-2-4-6-14/h2-11H,12H2,1H3. The molecule has 0 spiro atoms. The molecule has 5 nitrogen and oxygen atoms in total. The lowest BCUT2D eigenvalue weighted by Gasteiger charge is -2.08. The van der Waals surface area contributed by atoms with Crippen molar-refractivity contribution in [2.45, 2.75) is 13.5 Å². The molecule has 0 N–H and O–H groups in total. The molecule has 0 radical (unpaired) electrons. The van der Waals surface area contributed by atoms with Crippen LogP contribution in [-0.4, -0.2) is 15.0 Å². The fourth-order valence-corrected chi connectivity index (χ4v) is 2.45. The van der Waals surface area contributed by atoms with Gasteiger partial charge in [0.1, 0.15) is 12.1 Å². The van der Waals surface area contributed by atoms with Crippen molar-refractivity contribution < 1.29 is 9.15 Å². The summed E-state index contributed by atoms with van der Waals surface area (Å²) < 4.78 is 11.7. The fourth-order valence-electron chi connectivity index (χ4n) is 2.45. The van der Waals surface area contributed by atoms with Crippen LogP contribution < -0.4 is 4.74 Å². The van der Waals surface area contributed by atoms with Crippen molar-refractivity contribution in [3.05, 3.63) is 72.2 Å². The number of aryl methyl sites for hydroxylation is 1. The van der Waals surface area contributed by atoms with Gasteiger partial charge in [-0.3, -0.25) is 4.98 Å². The van der Waals surface area contributed by atoms with Crippen molar-refractivity contribution in [1.29, 1.82) is 0 Å². The SMILES string of the molecule is Cc1cnc2oc(-c3ccncc3OCc3ccccc3)nc2c1. The van der Waals surface area contributed by atoms with Crippen LogP contribution >= 0.6 is 0 Å². The zero-order valence-corrected chi connectivity index (χ0v) is 13.1. The van der Waals surface area contributed by atoms with Gasteiger partial charge in [-0.2, -0.15) is 0 Å². The molecule has 4 aromatic rings. The third kappa shape index (κ3) is 2.84. The first kappa shape index (κ1) is 14.4. The Labute approximate surface area is 139 Å². The Bertz CT molecular complexity index is 980. The molecule has 3 aromatic heterocycles. The number of rotatable bonds is 4. The van der Waals surface area contributed by atoms with E-state index in [9.17, 15) is 0 Å². The van der Waals surface area contributed by atoms with Crippen molar-refractivity contribution in [3.63, 3.8) is 0 Å². The second kappa shape index (κ2) is 6.12. The minimum absolute atomic E-state index is 0.455. The maximum atomic E-state index is 5.91. The van der Waals surface area contributed by atoms with Gasteiger partial charge in [0.25, 0.3) is 0 Å². The average Bonchev–Trinajstić information content (AvgIpc) is 3.04. The molecule has 3 heterocycles. The summed E-state index contributed by atoms with van der Waals surface area (Å²) in [6.07, 6.45) is 5.13. The summed E-state index contributed by atoms with van der Waals surface area (Å²) in [7, 11) is 0. The predicted molar refractivity (Wildman–Crippen MR) is 90.5 cm³/mol. The monoisotopic (exact) mass is 317 g/mol. The number of ether oxygens (including phenoxy) is 1. The van der Waals surface area contributed by atoms with Crippen LogP contribution in [0.3, 0.4) is 0 Å². The van der Waals surface area contributed by atoms with Crippen LogP contribution in [0.25, 0.3) is 22.7 Å². The quantitative estimate of drug-likeness (QED) is 0.565. The molecule has 1 aromatic carbocycles. The molecular weight excluding hydrogens is 302 g/mol. The van der Waals surface area contributed by atoms with Gasteiger partial charge in [-0.1, -0.05) is 30.3 Å². The van der Waals surface area contributed by atoms with Crippen molar-refractivity contribution in [3.8, 4) is 17.2 Å². The van der Waals surface area contributed by atoms with Crippen molar-refractivity contribution in [2.75, 3.05) is 0 Å². The molecule has 0 unspecified atom stereocenters. The van der Waals surface area contributed by atoms with E-state index in [1.165, 1.54) is 0 Å². The second-order valence-electron chi connectivity index (χ2n) is 5.50. The highest BCUT2D eigenvalue weighted by Crippen LogP contribution is 2.31. The molecule has 0 fully saturated rings. The van der Waals surface area contributed by atoms with Gasteiger partial charge in [-0.15, -0.1) is 0 Å². The first-order chi connectivity index (χ1) is 11.8. The minimum atomic E-state index is 0.455. The molecule has 0 saturated carbocycles. The van der Waals surface area contributed by atoms with Crippen LogP contribution in [-0.2, 0) is 6.61 Å². The predicted octanol–water partition coefficient (Wildman–Crippen LogP) is 4.17. The van der Waals surface area contributed by atoms with Gasteiger partial charge in [-0.25, -0.2) is 9.97 Å². The highest BCUT2D eigenvalue weighted by Gasteiger charge is 2.14. The topological polar surface area (TPSA) is 61.0 Å². The van der Waals surface area contributed by atoms with Gasteiger partial charge in [0, 0.05) is 12.4 Å². The molecule has 0 bridgehead atoms. The van der Waals surface area contributed by atoms with Crippen LogP contribution in [0.2, 0.25) is 0 Å². The van der Waals surface area contributed by atoms with Crippen LogP contribution in [0.1, 0.15) is 11.1 Å². The number of fused-ring (bicyclic) bond motifs is 1. The van der Waals surface area contributed by atoms with Crippen molar-refractivity contribution in [2.24, 2.45) is 0 Å². The Morgan fingerprint density at radius 1 is 1.08 bits per heavy atom. The summed E-state index contributed by atoms with van der Waals surface area (Å²) in [4.78, 5) is 12.9. The third-order valence-electron chi connectivity index (χ3n) is 3.64. The fraction of sp³-hybridized carbons (Fsp3) is 0.105. The smallest absolute Gasteiger partial charge is 0.247 e. The molecule has 118 valence electrons. The summed E-state index contributed by atoms with van der Waals surface area (Å²) in [5, 5.41) is 0. The highest BCUT2D eigenvalue weighted by molar-refractivity contribution is 5.74. The van der Waals surface area contributed by atoms with Gasteiger partial charge >= 0.3 is 0 Å². The van der Waals surface area contributed by atoms with Crippen LogP contribution in [0.15, 0.2) is 65.5 Å². The number of hydrogen-bond donors (Lipinski definition) is 0. The number of hydrogen-bond acceptors (Lipinski definition) is 5. The first-order valence-corrected chi connectivity index (χ1v) is 7.64. The molecule has 4 rings (SSSR count). The Morgan fingerprint density at radius 3 is 2.83 bits per heavy atom. The second-order valence-corrected chi connectivity index (χ2v) is 5.50. The summed E-state index contributed by atoms with van der Waals surface area (Å²) in [6.45, 7) is 2.43. The molecular formula is C19H15N3O2. The maximum Gasteiger partial charge on any atom is 0.247 e. The first-order valence-electron chi connectivity index (χ1n) is 7.64. The number of aromatic nitrogens is 3. The summed E-state index contributed by atoms with van der Waals surface area (Å²) in [5.41, 5.74) is 4.13. The van der Waals surface area contributed by atoms with E-state index in [4.69, 9.17) is 9.15 Å². The Morgan fingerprint density at radius 2 is 1.96 bits per heavy atom. The van der Waals surface area contributed by atoms with E-state index in [2.05, 4.69) is 15.0 Å². The summed E-state index contributed by atoms with van der Waals surface area (Å²) in [5.74, 6) is 1.11. The zero-order chi connectivity index (χ0) is 16.4. The van der Waals surface area contributed by atoms with Crippen LogP contribution in [0.4, 0.5) is 0 Å². The van der Waals surface area contributed by atoms with E-state index in [0.29, 0.717) is 24.0 Å². The summed E-state index contributed by atoms with van der Waals surface area (Å²) in [6, 6.07) is 13.8. The number of benzene rings is 1. The lowest BCUT2D eigenvalue weighted by atomic mass is 10.2. The normalized spacial score (nSPS) is 10.9. The zero-order valence-electron chi connectivity index (χ0n) is 13.1. The van der Waals surface area contributed by atoms with E-state index in [-0.39, 0.29) is 0 Å². The molecule has 0 atom stereocenters. The van der Waals surface area contributed by atoms with E-state index < -0.39 is 0 Å². The molecule has 0 amide bonds. The van der Waals surface area contributed by atoms with Crippen LogP contribution in [0.5, 0.6) is 5.75 Å². The number of nitrogens with zero attached hydrogens (tertiary/aromatic N) is 3. The van der Waals surface area contributed by atoms with E-state index >= 15 is 0 Å². The van der Waals surface area contributed by atoms with Crippen molar-refractivity contribution in [1.82, 2.24) is 15.0 Å². The lowest BCUT2D eigenvalue weighted by molar-refractivity contribution is 0.305. The molecule has 0 aliphatic heterocycles. The molecule has 0 aliphatic rings. The van der Waals surface area contributed by atoms with E-state index in [0.717, 1.165) is 22.2 Å². The Balaban J connectivity index is 1.67. The van der Waals surface area contributed by atoms with Gasteiger partial charge in [0.05, 0.1) is 11.8 Å². The largest absolute Gasteiger partial charge is 0.486 e. The minimum Gasteiger partial charge on any atom is -0.486 e. The number of pyridine rings is 2. The van der Waals surface area contributed by atoms with E-state index in [1.54, 1.807) is 18.6 Å². The third-order valence-corrected chi connectivity index (χ3v) is 3.64. The average molecular weight is 317 g/mol. The van der Waals surface area contributed by atoms with Gasteiger partial charge < -0.3 is 9.15 Å². The van der Waals surface area contributed by atoms with Gasteiger partial charge in [-0.05, 0) is 30.2 Å². The van der Waals surface area contributed by atoms with Crippen molar-refractivity contribution >= 4 is 11.2 Å². The summed E-state index contributed by atoms with van der Waals surface area (Å²) >= 11 is 0. The number of oxazole rings is 1. The van der Waals surface area contributed by atoms with Gasteiger partial charge in [0.2, 0.25) is 11.6 Å². The Kier molecular flexibility index (Phi) is 3.67. The Hall–Kier alpha value is -3.21. The van der Waals surface area contributed by atoms with Gasteiger partial charge in [0.15, 0.2) is 5.75 Å². The van der Waals surface area contributed by atoms with Crippen LogP contribution in [0, 0.1) is 6.92 Å². The highest BCUT2D eigenvalue weighted by atomic mass is 16.5. The molecule has 24 heavy (non-hydrogen) atoms. The molecule has 5 heteroatoms. The maximum absolute atomic E-state index is 5.91. The lowest BCUT2D eigenvalue weighted by Crippen LogP contribution is -1.97. The van der Waals surface area contributed by atoms with E-state index in [1.807, 2.05) is 49.4 Å². The molecule has 0 aliphatic carbocycles.